The highest BCUT2D eigenvalue weighted by atomic mass is 32.2. The number of benzene rings is 1. The molecule has 2 aromatic rings. The molecule has 0 saturated carbocycles. The summed E-state index contributed by atoms with van der Waals surface area (Å²) >= 11 is 0. The summed E-state index contributed by atoms with van der Waals surface area (Å²) in [5.74, 6) is -1.24. The number of esters is 1. The average Bonchev–Trinajstić information content (AvgIpc) is 3.17. The summed E-state index contributed by atoms with van der Waals surface area (Å²) < 4.78 is 33.6. The first-order valence-electron chi connectivity index (χ1n) is 11.0. The van der Waals surface area contributed by atoms with Crippen molar-refractivity contribution in [1.82, 2.24) is 19.2 Å². The number of aryl methyl sites for hydroxylation is 2. The number of piperidine rings is 1. The summed E-state index contributed by atoms with van der Waals surface area (Å²) in [5.41, 5.74) is 0.812. The van der Waals surface area contributed by atoms with Gasteiger partial charge in [-0.1, -0.05) is 6.07 Å². The number of nitrogens with one attached hydrogen (secondary N) is 2. The number of anilines is 1. The molecule has 2 N–H and O–H groups in total. The lowest BCUT2D eigenvalue weighted by molar-refractivity contribution is -0.152. The molecule has 11 nitrogen and oxygen atoms in total. The summed E-state index contributed by atoms with van der Waals surface area (Å²) in [4.78, 5) is 40.6. The summed E-state index contributed by atoms with van der Waals surface area (Å²) in [7, 11) is -2.01. The molecular formula is C22H29N5O6S. The molecule has 3 rings (SSSR count). The number of hydrogen-bond donors (Lipinski definition) is 2. The van der Waals surface area contributed by atoms with Gasteiger partial charge in [0.25, 0.3) is 21.8 Å². The number of carbonyl (C=O) groups is 3. The standard InChI is InChI=1S/C22H29N5O6S/c1-4-23-21(29)17-6-5-7-18(12-17)25-19(28)14-33-22(30)16-8-10-27(11-9-16)34(31,32)20-13-26(3)15(2)24-20/h5-7,12-13,16H,4,8-11,14H2,1-3H3,(H,23,29)(H,25,28). The highest BCUT2D eigenvalue weighted by Crippen LogP contribution is 2.24. The Bertz CT molecular complexity index is 1150. The van der Waals surface area contributed by atoms with Crippen LogP contribution in [0.4, 0.5) is 5.69 Å². The number of aromatic nitrogens is 2. The maximum Gasteiger partial charge on any atom is 0.309 e. The number of amides is 2. The quantitative estimate of drug-likeness (QED) is 0.526. The fourth-order valence-corrected chi connectivity index (χ4v) is 5.06. The van der Waals surface area contributed by atoms with Gasteiger partial charge in [0.15, 0.2) is 11.6 Å². The van der Waals surface area contributed by atoms with Crippen molar-refractivity contribution in [2.24, 2.45) is 13.0 Å². The predicted octanol–water partition coefficient (Wildman–Crippen LogP) is 1.06. The molecule has 2 heterocycles. The van der Waals surface area contributed by atoms with Crippen molar-refractivity contribution in [3.8, 4) is 0 Å². The first-order chi connectivity index (χ1) is 16.1. The van der Waals surface area contributed by atoms with Crippen molar-refractivity contribution in [2.45, 2.75) is 31.7 Å². The van der Waals surface area contributed by atoms with Crippen LogP contribution < -0.4 is 10.6 Å². The minimum Gasteiger partial charge on any atom is -0.455 e. The molecule has 184 valence electrons. The van der Waals surface area contributed by atoms with Gasteiger partial charge >= 0.3 is 5.97 Å². The van der Waals surface area contributed by atoms with Gasteiger partial charge in [0, 0.05) is 44.1 Å². The lowest BCUT2D eigenvalue weighted by Gasteiger charge is -2.29. The number of rotatable bonds is 8. The lowest BCUT2D eigenvalue weighted by atomic mass is 9.98. The second-order valence-electron chi connectivity index (χ2n) is 8.01. The Kier molecular flexibility index (Phi) is 8.05. The molecule has 0 spiro atoms. The van der Waals surface area contributed by atoms with E-state index < -0.39 is 34.4 Å². The van der Waals surface area contributed by atoms with Gasteiger partial charge in [0.05, 0.1) is 5.92 Å². The van der Waals surface area contributed by atoms with Gasteiger partial charge in [-0.3, -0.25) is 14.4 Å². The Hall–Kier alpha value is -3.25. The third kappa shape index (κ3) is 6.00. The summed E-state index contributed by atoms with van der Waals surface area (Å²) in [6.07, 6.45) is 2.05. The van der Waals surface area contributed by atoms with Gasteiger partial charge in [0.2, 0.25) is 0 Å². The van der Waals surface area contributed by atoms with Gasteiger partial charge in [-0.05, 0) is 44.9 Å². The van der Waals surface area contributed by atoms with E-state index in [-0.39, 0.29) is 24.0 Å². The molecule has 1 aromatic carbocycles. The second-order valence-corrected chi connectivity index (χ2v) is 9.90. The van der Waals surface area contributed by atoms with E-state index in [0.29, 0.717) is 36.5 Å². The molecule has 0 bridgehead atoms. The summed E-state index contributed by atoms with van der Waals surface area (Å²) in [6.45, 7) is 3.86. The van der Waals surface area contributed by atoms with Crippen LogP contribution >= 0.6 is 0 Å². The third-order valence-corrected chi connectivity index (χ3v) is 7.34. The normalized spacial score (nSPS) is 15.0. The molecular weight excluding hydrogens is 462 g/mol. The van der Waals surface area contributed by atoms with E-state index in [4.69, 9.17) is 4.74 Å². The topological polar surface area (TPSA) is 140 Å². The third-order valence-electron chi connectivity index (χ3n) is 5.57. The Morgan fingerprint density at radius 1 is 1.21 bits per heavy atom. The summed E-state index contributed by atoms with van der Waals surface area (Å²) in [6, 6.07) is 6.42. The van der Waals surface area contributed by atoms with Gasteiger partial charge in [-0.2, -0.15) is 4.31 Å². The fraction of sp³-hybridized carbons (Fsp3) is 0.455. The largest absolute Gasteiger partial charge is 0.455 e. The van der Waals surface area contributed by atoms with Gasteiger partial charge in [-0.15, -0.1) is 0 Å². The molecule has 1 aromatic heterocycles. The van der Waals surface area contributed by atoms with Crippen molar-refractivity contribution >= 4 is 33.5 Å². The van der Waals surface area contributed by atoms with Crippen molar-refractivity contribution in [3.05, 3.63) is 41.9 Å². The van der Waals surface area contributed by atoms with Crippen LogP contribution in [0.2, 0.25) is 0 Å². The minimum atomic E-state index is -3.73. The molecule has 0 atom stereocenters. The zero-order chi connectivity index (χ0) is 24.9. The van der Waals surface area contributed by atoms with Crippen LogP contribution in [-0.2, 0) is 31.4 Å². The number of carbonyl (C=O) groups excluding carboxylic acids is 3. The smallest absolute Gasteiger partial charge is 0.309 e. The van der Waals surface area contributed by atoms with Crippen molar-refractivity contribution in [1.29, 1.82) is 0 Å². The molecule has 12 heteroatoms. The van der Waals surface area contributed by atoms with Gasteiger partial charge < -0.3 is 19.9 Å². The first kappa shape index (κ1) is 25.4. The van der Waals surface area contributed by atoms with Crippen LogP contribution in [0.25, 0.3) is 0 Å². The minimum absolute atomic E-state index is 0.0126. The van der Waals surface area contributed by atoms with E-state index in [1.807, 2.05) is 6.92 Å². The summed E-state index contributed by atoms with van der Waals surface area (Å²) in [5, 5.41) is 5.26. The van der Waals surface area contributed by atoms with E-state index in [1.54, 1.807) is 36.7 Å². The number of nitrogens with zero attached hydrogens (tertiary/aromatic N) is 3. The zero-order valence-corrected chi connectivity index (χ0v) is 20.2. The van der Waals surface area contributed by atoms with E-state index in [2.05, 4.69) is 15.6 Å². The number of hydrogen-bond acceptors (Lipinski definition) is 7. The number of sulfonamides is 1. The Labute approximate surface area is 198 Å². The Balaban J connectivity index is 1.48. The molecule has 0 radical (unpaired) electrons. The Morgan fingerprint density at radius 3 is 2.53 bits per heavy atom. The van der Waals surface area contributed by atoms with Gasteiger partial charge in [0.1, 0.15) is 5.82 Å². The Morgan fingerprint density at radius 2 is 1.91 bits per heavy atom. The van der Waals surface area contributed by atoms with E-state index >= 15 is 0 Å². The molecule has 34 heavy (non-hydrogen) atoms. The van der Waals surface area contributed by atoms with Crippen LogP contribution in [0.15, 0.2) is 35.5 Å². The maximum atomic E-state index is 12.8. The zero-order valence-electron chi connectivity index (χ0n) is 19.4. The highest BCUT2D eigenvalue weighted by Gasteiger charge is 2.34. The van der Waals surface area contributed by atoms with Gasteiger partial charge in [-0.25, -0.2) is 13.4 Å². The average molecular weight is 492 g/mol. The van der Waals surface area contributed by atoms with Crippen LogP contribution in [0.1, 0.15) is 35.9 Å². The van der Waals surface area contributed by atoms with E-state index in [0.717, 1.165) is 0 Å². The molecule has 0 unspecified atom stereocenters. The molecule has 1 aliphatic heterocycles. The molecule has 1 saturated heterocycles. The molecule has 1 fully saturated rings. The first-order valence-corrected chi connectivity index (χ1v) is 12.4. The van der Waals surface area contributed by atoms with Crippen molar-refractivity contribution in [3.63, 3.8) is 0 Å². The fourth-order valence-electron chi connectivity index (χ4n) is 3.57. The molecule has 1 aliphatic rings. The van der Waals surface area contributed by atoms with Crippen molar-refractivity contribution < 1.29 is 27.5 Å². The monoisotopic (exact) mass is 491 g/mol. The van der Waals surface area contributed by atoms with E-state index in [9.17, 15) is 22.8 Å². The molecule has 0 aliphatic carbocycles. The van der Waals surface area contributed by atoms with Crippen LogP contribution in [-0.4, -0.2) is 66.3 Å². The predicted molar refractivity (Wildman–Crippen MR) is 123 cm³/mol. The number of ether oxygens (including phenoxy) is 1. The van der Waals surface area contributed by atoms with E-state index in [1.165, 1.54) is 16.6 Å². The van der Waals surface area contributed by atoms with Crippen LogP contribution in [0.3, 0.4) is 0 Å². The molecule has 2 amide bonds. The van der Waals surface area contributed by atoms with Crippen LogP contribution in [0, 0.1) is 12.8 Å². The highest BCUT2D eigenvalue weighted by molar-refractivity contribution is 7.89. The van der Waals surface area contributed by atoms with Crippen LogP contribution in [0.5, 0.6) is 0 Å². The number of imidazole rings is 1. The lowest BCUT2D eigenvalue weighted by Crippen LogP contribution is -2.41. The second kappa shape index (κ2) is 10.8. The van der Waals surface area contributed by atoms with Crippen molar-refractivity contribution in [2.75, 3.05) is 31.6 Å². The maximum absolute atomic E-state index is 12.8. The SMILES string of the molecule is CCNC(=O)c1cccc(NC(=O)COC(=O)C2CCN(S(=O)(=O)c3cn(C)c(C)n3)CC2)c1.